The molecule has 1 amide bonds. The summed E-state index contributed by atoms with van der Waals surface area (Å²) in [7, 11) is -2.04. The van der Waals surface area contributed by atoms with E-state index >= 15 is 0 Å². The Hall–Kier alpha value is -2.45. The average Bonchev–Trinajstić information content (AvgIpc) is 2.70. The molecule has 2 aromatic rings. The van der Waals surface area contributed by atoms with Crippen molar-refractivity contribution < 1.29 is 13.2 Å². The second-order valence-electron chi connectivity index (χ2n) is 6.58. The van der Waals surface area contributed by atoms with Crippen LogP contribution < -0.4 is 10.5 Å². The number of anilines is 1. The number of carbonyl (C=O) groups is 1. The van der Waals surface area contributed by atoms with Crippen molar-refractivity contribution in [2.75, 3.05) is 25.0 Å². The Balaban J connectivity index is 1.83. The van der Waals surface area contributed by atoms with E-state index in [0.717, 1.165) is 23.8 Å². The highest BCUT2D eigenvalue weighted by molar-refractivity contribution is 7.89. The second-order valence-corrected chi connectivity index (χ2v) is 8.52. The van der Waals surface area contributed by atoms with E-state index < -0.39 is 15.6 Å². The van der Waals surface area contributed by atoms with Crippen LogP contribution in [0.4, 0.5) is 5.69 Å². The van der Waals surface area contributed by atoms with Gasteiger partial charge in [0.2, 0.25) is 15.9 Å². The van der Waals surface area contributed by atoms with Gasteiger partial charge in [-0.05, 0) is 31.0 Å². The number of likely N-dealkylation sites (N-methyl/N-ethyl adjacent to an activating group) is 1. The molecular weight excluding hydrogens is 366 g/mol. The van der Waals surface area contributed by atoms with Crippen LogP contribution in [0.25, 0.3) is 0 Å². The van der Waals surface area contributed by atoms with Crippen molar-refractivity contribution in [2.45, 2.75) is 30.7 Å². The number of carbonyl (C=O) groups excluding carboxylic acids is 1. The molecule has 1 saturated heterocycles. The first-order valence-corrected chi connectivity index (χ1v) is 10.4. The summed E-state index contributed by atoms with van der Waals surface area (Å²) in [6.45, 7) is 0.738. The maximum absolute atomic E-state index is 12.8. The lowest BCUT2D eigenvalue weighted by Gasteiger charge is -2.26. The van der Waals surface area contributed by atoms with E-state index in [1.807, 2.05) is 18.2 Å². The minimum atomic E-state index is -3.66. The number of rotatable bonds is 5. The summed E-state index contributed by atoms with van der Waals surface area (Å²) in [5, 5.41) is 0. The molecule has 7 nitrogen and oxygen atoms in total. The number of para-hydroxylation sites is 1. The Morgan fingerprint density at radius 3 is 2.37 bits per heavy atom. The van der Waals surface area contributed by atoms with E-state index in [9.17, 15) is 18.0 Å². The molecule has 8 heteroatoms. The maximum atomic E-state index is 12.8. The number of pyridine rings is 1. The van der Waals surface area contributed by atoms with Gasteiger partial charge >= 0.3 is 0 Å². The predicted octanol–water partition coefficient (Wildman–Crippen LogP) is 1.69. The summed E-state index contributed by atoms with van der Waals surface area (Å²) in [5.74, 6) is -0.309. The molecule has 2 heterocycles. The van der Waals surface area contributed by atoms with Gasteiger partial charge in [-0.2, -0.15) is 4.31 Å². The van der Waals surface area contributed by atoms with Gasteiger partial charge in [0.25, 0.3) is 5.56 Å². The predicted molar refractivity (Wildman–Crippen MR) is 103 cm³/mol. The number of amides is 1. The zero-order valence-electron chi connectivity index (χ0n) is 15.2. The topological polar surface area (TPSA) is 79.7 Å². The molecule has 1 aliphatic heterocycles. The highest BCUT2D eigenvalue weighted by Crippen LogP contribution is 2.19. The fraction of sp³-hybridized carbons (Fsp3) is 0.368. The van der Waals surface area contributed by atoms with E-state index in [4.69, 9.17) is 0 Å². The smallest absolute Gasteiger partial charge is 0.251 e. The number of benzene rings is 1. The van der Waals surface area contributed by atoms with Crippen molar-refractivity contribution in [2.24, 2.45) is 0 Å². The lowest BCUT2D eigenvalue weighted by molar-refractivity contribution is -0.118. The van der Waals surface area contributed by atoms with Crippen LogP contribution in [0, 0.1) is 0 Å². The van der Waals surface area contributed by atoms with Crippen LogP contribution in [0.2, 0.25) is 0 Å². The minimum Gasteiger partial charge on any atom is -0.314 e. The second kappa shape index (κ2) is 8.06. The van der Waals surface area contributed by atoms with Gasteiger partial charge in [0.1, 0.15) is 6.54 Å². The molecule has 0 unspecified atom stereocenters. The van der Waals surface area contributed by atoms with Crippen LogP contribution in [0.3, 0.4) is 0 Å². The van der Waals surface area contributed by atoms with Gasteiger partial charge in [0, 0.05) is 38.1 Å². The van der Waals surface area contributed by atoms with Crippen molar-refractivity contribution in [1.29, 1.82) is 0 Å². The molecule has 1 aromatic carbocycles. The first-order valence-electron chi connectivity index (χ1n) is 8.92. The molecule has 0 bridgehead atoms. The third-order valence-corrected chi connectivity index (χ3v) is 6.61. The maximum Gasteiger partial charge on any atom is 0.251 e. The minimum absolute atomic E-state index is 0.0409. The Kier molecular flexibility index (Phi) is 5.76. The van der Waals surface area contributed by atoms with Crippen molar-refractivity contribution in [3.05, 3.63) is 59.0 Å². The molecule has 0 atom stereocenters. The van der Waals surface area contributed by atoms with Crippen molar-refractivity contribution in [3.8, 4) is 0 Å². The summed E-state index contributed by atoms with van der Waals surface area (Å²) in [6, 6.07) is 11.6. The summed E-state index contributed by atoms with van der Waals surface area (Å²) >= 11 is 0. The molecule has 0 saturated carbocycles. The van der Waals surface area contributed by atoms with E-state index in [1.54, 1.807) is 19.2 Å². The Labute approximate surface area is 158 Å². The van der Waals surface area contributed by atoms with Gasteiger partial charge in [0.15, 0.2) is 0 Å². The first-order chi connectivity index (χ1) is 12.9. The lowest BCUT2D eigenvalue weighted by atomic mass is 10.2. The highest BCUT2D eigenvalue weighted by Gasteiger charge is 2.26. The molecule has 1 aromatic heterocycles. The fourth-order valence-corrected chi connectivity index (χ4v) is 4.62. The van der Waals surface area contributed by atoms with Crippen molar-refractivity contribution >= 4 is 21.6 Å². The molecule has 0 aliphatic carbocycles. The SMILES string of the molecule is CN(C(=O)Cn1cc(S(=O)(=O)N2CCCCC2)ccc1=O)c1ccccc1. The number of hydrogen-bond donors (Lipinski definition) is 0. The molecule has 0 radical (unpaired) electrons. The molecule has 1 aliphatic rings. The number of aromatic nitrogens is 1. The zero-order valence-corrected chi connectivity index (χ0v) is 16.1. The molecule has 1 fully saturated rings. The van der Waals surface area contributed by atoms with E-state index in [2.05, 4.69) is 0 Å². The standard InChI is InChI=1S/C19H23N3O4S/c1-20(16-8-4-2-5-9-16)19(24)15-21-14-17(10-11-18(21)23)27(25,26)22-12-6-3-7-13-22/h2,4-5,8-11,14H,3,6-7,12-13,15H2,1H3. The summed E-state index contributed by atoms with van der Waals surface area (Å²) in [6.07, 6.45) is 3.95. The van der Waals surface area contributed by atoms with Gasteiger partial charge in [0.05, 0.1) is 4.90 Å². The largest absolute Gasteiger partial charge is 0.314 e. The van der Waals surface area contributed by atoms with Gasteiger partial charge in [-0.3, -0.25) is 9.59 Å². The van der Waals surface area contributed by atoms with Gasteiger partial charge in [-0.15, -0.1) is 0 Å². The summed E-state index contributed by atoms with van der Waals surface area (Å²) in [4.78, 5) is 26.2. The van der Waals surface area contributed by atoms with E-state index in [1.165, 1.54) is 27.5 Å². The van der Waals surface area contributed by atoms with Crippen LogP contribution >= 0.6 is 0 Å². The van der Waals surface area contributed by atoms with Crippen LogP contribution in [-0.4, -0.2) is 43.3 Å². The van der Waals surface area contributed by atoms with Crippen LogP contribution in [0.5, 0.6) is 0 Å². The normalized spacial score (nSPS) is 15.4. The number of nitrogens with zero attached hydrogens (tertiary/aromatic N) is 3. The Bertz CT molecular complexity index is 964. The lowest BCUT2D eigenvalue weighted by Crippen LogP contribution is -2.37. The van der Waals surface area contributed by atoms with Gasteiger partial charge in [-0.25, -0.2) is 8.42 Å². The van der Waals surface area contributed by atoms with Gasteiger partial charge < -0.3 is 9.47 Å². The molecule has 0 N–H and O–H groups in total. The number of hydrogen-bond acceptors (Lipinski definition) is 4. The fourth-order valence-electron chi connectivity index (χ4n) is 3.09. The average molecular weight is 389 g/mol. The van der Waals surface area contributed by atoms with E-state index in [-0.39, 0.29) is 17.3 Å². The highest BCUT2D eigenvalue weighted by atomic mass is 32.2. The van der Waals surface area contributed by atoms with E-state index in [0.29, 0.717) is 18.8 Å². The van der Waals surface area contributed by atoms with Gasteiger partial charge in [-0.1, -0.05) is 24.6 Å². The zero-order chi connectivity index (χ0) is 19.4. The molecule has 27 heavy (non-hydrogen) atoms. The Morgan fingerprint density at radius 1 is 1.04 bits per heavy atom. The molecule has 144 valence electrons. The monoisotopic (exact) mass is 389 g/mol. The number of sulfonamides is 1. The summed E-state index contributed by atoms with van der Waals surface area (Å²) < 4.78 is 28.2. The third-order valence-electron chi connectivity index (χ3n) is 4.73. The van der Waals surface area contributed by atoms with Crippen molar-refractivity contribution in [3.63, 3.8) is 0 Å². The number of piperidine rings is 1. The molecular formula is C19H23N3O4S. The molecule has 0 spiro atoms. The quantitative estimate of drug-likeness (QED) is 0.779. The third kappa shape index (κ3) is 4.28. The van der Waals surface area contributed by atoms with Crippen LogP contribution in [-0.2, 0) is 21.4 Å². The summed E-state index contributed by atoms with van der Waals surface area (Å²) in [5.41, 5.74) is 0.287. The van der Waals surface area contributed by atoms with Crippen molar-refractivity contribution in [1.82, 2.24) is 8.87 Å². The van der Waals surface area contributed by atoms with Crippen LogP contribution in [0.15, 0.2) is 58.4 Å². The van der Waals surface area contributed by atoms with Crippen LogP contribution in [0.1, 0.15) is 19.3 Å². The Morgan fingerprint density at radius 2 is 1.70 bits per heavy atom. The molecule has 3 rings (SSSR count). The first kappa shape index (κ1) is 19.3.